The molecule has 4 nitrogen and oxygen atoms in total. The minimum absolute atomic E-state index is 0.0613. The zero-order valence-electron chi connectivity index (χ0n) is 11.6. The van der Waals surface area contributed by atoms with Gasteiger partial charge < -0.3 is 15.9 Å². The van der Waals surface area contributed by atoms with E-state index in [1.165, 1.54) is 38.5 Å². The number of carbonyl (C=O) groups excluding carboxylic acids is 1. The maximum Gasteiger partial charge on any atom is 0.220 e. The van der Waals surface area contributed by atoms with Crippen LogP contribution in [-0.4, -0.2) is 22.4 Å². The molecule has 18 heavy (non-hydrogen) atoms. The summed E-state index contributed by atoms with van der Waals surface area (Å²) in [6.07, 6.45) is 8.97. The van der Waals surface area contributed by atoms with Gasteiger partial charge in [-0.15, -0.1) is 0 Å². The molecular formula is C14H29NO3. The van der Waals surface area contributed by atoms with Gasteiger partial charge in [0.2, 0.25) is 5.91 Å². The maximum atomic E-state index is 11.1. The molecule has 0 aliphatic carbocycles. The quantitative estimate of drug-likeness (QED) is 0.371. The molecule has 0 spiro atoms. The second-order valence-electron chi connectivity index (χ2n) is 5.08. The second-order valence-corrected chi connectivity index (χ2v) is 5.08. The molecule has 0 fully saturated rings. The third kappa shape index (κ3) is 10.5. The number of unbranched alkanes of at least 4 members (excludes halogenated alkanes) is 7. The Bertz CT molecular complexity index is 207. The summed E-state index contributed by atoms with van der Waals surface area (Å²) in [4.78, 5) is 11.1. The van der Waals surface area contributed by atoms with Gasteiger partial charge >= 0.3 is 0 Å². The van der Waals surface area contributed by atoms with Crippen molar-refractivity contribution in [2.75, 3.05) is 0 Å². The molecule has 0 heterocycles. The van der Waals surface area contributed by atoms with Crippen LogP contribution in [0.3, 0.4) is 0 Å². The third-order valence-corrected chi connectivity index (χ3v) is 3.30. The van der Waals surface area contributed by atoms with Crippen molar-refractivity contribution in [3.63, 3.8) is 0 Å². The Morgan fingerprint density at radius 1 is 1.00 bits per heavy atom. The van der Waals surface area contributed by atoms with E-state index in [0.717, 1.165) is 12.8 Å². The van der Waals surface area contributed by atoms with Crippen LogP contribution in [0.2, 0.25) is 0 Å². The van der Waals surface area contributed by atoms with Crippen LogP contribution in [0.4, 0.5) is 0 Å². The van der Waals surface area contributed by atoms with Crippen molar-refractivity contribution in [1.82, 2.24) is 0 Å². The lowest BCUT2D eigenvalue weighted by Gasteiger charge is -2.14. The normalized spacial score (nSPS) is 12.9. The Morgan fingerprint density at radius 2 is 1.50 bits per heavy atom. The molecule has 0 saturated carbocycles. The van der Waals surface area contributed by atoms with E-state index in [1.54, 1.807) is 0 Å². The first-order valence-corrected chi connectivity index (χ1v) is 7.23. The Kier molecular flexibility index (Phi) is 11.1. The predicted molar refractivity (Wildman–Crippen MR) is 72.8 cm³/mol. The van der Waals surface area contributed by atoms with Crippen LogP contribution in [0.5, 0.6) is 0 Å². The van der Waals surface area contributed by atoms with Gasteiger partial charge in [0.25, 0.3) is 0 Å². The van der Waals surface area contributed by atoms with Gasteiger partial charge in [-0.2, -0.15) is 0 Å². The molecule has 0 saturated heterocycles. The highest BCUT2D eigenvalue weighted by Gasteiger charge is 2.17. The zero-order chi connectivity index (χ0) is 13.8. The van der Waals surface area contributed by atoms with Crippen LogP contribution in [0, 0.1) is 5.92 Å². The van der Waals surface area contributed by atoms with Gasteiger partial charge in [-0.3, -0.25) is 4.79 Å². The molecule has 0 bridgehead atoms. The number of hydrogen-bond acceptors (Lipinski definition) is 3. The van der Waals surface area contributed by atoms with Gasteiger partial charge in [-0.05, 0) is 6.42 Å². The number of carbonyl (C=O) groups is 1. The first-order valence-electron chi connectivity index (χ1n) is 7.23. The van der Waals surface area contributed by atoms with Gasteiger partial charge in [-0.1, -0.05) is 58.3 Å². The fourth-order valence-corrected chi connectivity index (χ4v) is 2.16. The summed E-state index contributed by atoms with van der Waals surface area (Å²) in [6.45, 7) is 2.21. The molecule has 4 N–H and O–H groups in total. The highest BCUT2D eigenvalue weighted by atomic mass is 16.5. The molecule has 1 atom stereocenters. The average molecular weight is 259 g/mol. The summed E-state index contributed by atoms with van der Waals surface area (Å²) in [6, 6.07) is 0. The van der Waals surface area contributed by atoms with E-state index in [2.05, 4.69) is 6.92 Å². The lowest BCUT2D eigenvalue weighted by Crippen LogP contribution is -2.27. The monoisotopic (exact) mass is 259 g/mol. The topological polar surface area (TPSA) is 83.6 Å². The summed E-state index contributed by atoms with van der Waals surface area (Å²) in [7, 11) is 0. The Hall–Kier alpha value is -0.610. The van der Waals surface area contributed by atoms with E-state index in [4.69, 9.17) is 15.9 Å². The van der Waals surface area contributed by atoms with Crippen LogP contribution in [0.1, 0.15) is 71.1 Å². The van der Waals surface area contributed by atoms with E-state index >= 15 is 0 Å². The van der Waals surface area contributed by atoms with Crippen LogP contribution >= 0.6 is 0 Å². The van der Waals surface area contributed by atoms with Crippen molar-refractivity contribution in [2.24, 2.45) is 11.7 Å². The Balaban J connectivity index is 3.47. The lowest BCUT2D eigenvalue weighted by atomic mass is 9.96. The van der Waals surface area contributed by atoms with E-state index in [0.29, 0.717) is 6.42 Å². The molecule has 0 radical (unpaired) electrons. The summed E-state index contributed by atoms with van der Waals surface area (Å²) in [5, 5.41) is 17.7. The lowest BCUT2D eigenvalue weighted by molar-refractivity contribution is -0.126. The van der Waals surface area contributed by atoms with Crippen molar-refractivity contribution in [3.05, 3.63) is 0 Å². The molecular weight excluding hydrogens is 230 g/mol. The SMILES string of the molecule is CCCCCCCCCCC(CC(O)O)C(N)=O. The van der Waals surface area contributed by atoms with Crippen molar-refractivity contribution in [3.8, 4) is 0 Å². The average Bonchev–Trinajstić information content (AvgIpc) is 2.30. The highest BCUT2D eigenvalue weighted by Crippen LogP contribution is 2.16. The highest BCUT2D eigenvalue weighted by molar-refractivity contribution is 5.76. The first kappa shape index (κ1) is 17.4. The number of aliphatic hydroxyl groups excluding tert-OH is 1. The predicted octanol–water partition coefficient (Wildman–Crippen LogP) is 2.32. The standard InChI is InChI=1S/C14H29NO3/c1-2-3-4-5-6-7-8-9-10-12(14(15)18)11-13(16)17/h12-13,16-17H,2-11H2,1H3,(H2,15,18). The summed E-state index contributed by atoms with van der Waals surface area (Å²) in [5.41, 5.74) is 5.22. The molecule has 0 aromatic carbocycles. The summed E-state index contributed by atoms with van der Waals surface area (Å²) < 4.78 is 0. The molecule has 1 amide bonds. The molecule has 0 aliphatic rings. The first-order chi connectivity index (χ1) is 8.57. The number of rotatable bonds is 12. The Morgan fingerprint density at radius 3 is 1.94 bits per heavy atom. The van der Waals surface area contributed by atoms with E-state index in [-0.39, 0.29) is 6.42 Å². The molecule has 0 aliphatic heterocycles. The number of primary amides is 1. The van der Waals surface area contributed by atoms with Gasteiger partial charge in [-0.25, -0.2) is 0 Å². The van der Waals surface area contributed by atoms with Crippen LogP contribution in [0.25, 0.3) is 0 Å². The maximum absolute atomic E-state index is 11.1. The van der Waals surface area contributed by atoms with E-state index in [9.17, 15) is 4.79 Å². The zero-order valence-corrected chi connectivity index (χ0v) is 11.6. The van der Waals surface area contributed by atoms with E-state index < -0.39 is 18.1 Å². The van der Waals surface area contributed by atoms with E-state index in [1.807, 2.05) is 0 Å². The number of nitrogens with two attached hydrogens (primary N) is 1. The Labute approximate surface area is 111 Å². The van der Waals surface area contributed by atoms with Crippen LogP contribution in [-0.2, 0) is 4.79 Å². The molecule has 0 rings (SSSR count). The van der Waals surface area contributed by atoms with Crippen LogP contribution < -0.4 is 5.73 Å². The third-order valence-electron chi connectivity index (χ3n) is 3.30. The van der Waals surface area contributed by atoms with Gasteiger partial charge in [0.15, 0.2) is 6.29 Å². The van der Waals surface area contributed by atoms with Crippen molar-refractivity contribution < 1.29 is 15.0 Å². The fourth-order valence-electron chi connectivity index (χ4n) is 2.16. The molecule has 0 aromatic rings. The number of hydrogen-bond donors (Lipinski definition) is 3. The number of amides is 1. The minimum Gasteiger partial charge on any atom is -0.369 e. The molecule has 108 valence electrons. The molecule has 1 unspecified atom stereocenters. The second kappa shape index (κ2) is 11.5. The minimum atomic E-state index is -1.43. The van der Waals surface area contributed by atoms with Crippen molar-refractivity contribution in [2.45, 2.75) is 77.4 Å². The number of aliphatic hydroxyl groups is 2. The van der Waals surface area contributed by atoms with Crippen molar-refractivity contribution in [1.29, 1.82) is 0 Å². The van der Waals surface area contributed by atoms with Crippen LogP contribution in [0.15, 0.2) is 0 Å². The fraction of sp³-hybridized carbons (Fsp3) is 0.929. The molecule has 4 heteroatoms. The summed E-state index contributed by atoms with van der Waals surface area (Å²) in [5.74, 6) is -0.823. The van der Waals surface area contributed by atoms with Gasteiger partial charge in [0.05, 0.1) is 0 Å². The van der Waals surface area contributed by atoms with Crippen molar-refractivity contribution >= 4 is 5.91 Å². The molecule has 0 aromatic heterocycles. The smallest absolute Gasteiger partial charge is 0.220 e. The largest absolute Gasteiger partial charge is 0.369 e. The van der Waals surface area contributed by atoms with Gasteiger partial charge in [0, 0.05) is 12.3 Å². The van der Waals surface area contributed by atoms with Gasteiger partial charge in [0.1, 0.15) is 0 Å². The summed E-state index contributed by atoms with van der Waals surface area (Å²) >= 11 is 0.